The van der Waals surface area contributed by atoms with Gasteiger partial charge in [0.1, 0.15) is 0 Å². The molecule has 0 spiro atoms. The Bertz CT molecular complexity index is 391. The van der Waals surface area contributed by atoms with Crippen LogP contribution in [0.5, 0.6) is 0 Å². The quantitative estimate of drug-likeness (QED) is 0.754. The number of rotatable bonds is 1. The van der Waals surface area contributed by atoms with E-state index in [0.29, 0.717) is 11.4 Å². The third kappa shape index (κ3) is 2.42. The van der Waals surface area contributed by atoms with Crippen LogP contribution in [-0.4, -0.2) is 35.1 Å². The zero-order chi connectivity index (χ0) is 11.7. The number of nitrogens with zero attached hydrogens (tertiary/aromatic N) is 1. The summed E-state index contributed by atoms with van der Waals surface area (Å²) in [6.45, 7) is 3.19. The van der Waals surface area contributed by atoms with E-state index in [2.05, 4.69) is 12.6 Å². The number of carbonyl (C=O) groups excluding carboxylic acids is 1. The van der Waals surface area contributed by atoms with E-state index in [9.17, 15) is 9.90 Å². The van der Waals surface area contributed by atoms with Crippen LogP contribution in [0.15, 0.2) is 16.3 Å². The minimum Gasteiger partial charge on any atom is -0.391 e. The molecule has 0 aliphatic carbocycles. The predicted octanol–water partition coefficient (Wildman–Crippen LogP) is 1.88. The average molecular weight is 257 g/mol. The monoisotopic (exact) mass is 257 g/mol. The largest absolute Gasteiger partial charge is 0.391 e. The lowest BCUT2D eigenvalue weighted by atomic mass is 9.96. The molecule has 2 heterocycles. The standard InChI is InChI=1S/C11H15NO2S2/c1-7-2-3-12(5-9(7)13)11(14)10-4-8(15)6-16-10/h4,6-7,9,13,15H,2-3,5H2,1H3. The van der Waals surface area contributed by atoms with Gasteiger partial charge >= 0.3 is 0 Å². The molecule has 1 amide bonds. The van der Waals surface area contributed by atoms with Crippen molar-refractivity contribution < 1.29 is 9.90 Å². The topological polar surface area (TPSA) is 40.5 Å². The number of thiol groups is 1. The summed E-state index contributed by atoms with van der Waals surface area (Å²) in [7, 11) is 0. The van der Waals surface area contributed by atoms with Gasteiger partial charge in [-0.25, -0.2) is 0 Å². The fourth-order valence-corrected chi connectivity index (χ4v) is 2.94. The van der Waals surface area contributed by atoms with Gasteiger partial charge in [0.25, 0.3) is 5.91 Å². The van der Waals surface area contributed by atoms with Crippen molar-refractivity contribution in [2.75, 3.05) is 13.1 Å². The molecule has 0 aromatic carbocycles. The summed E-state index contributed by atoms with van der Waals surface area (Å²) in [5, 5.41) is 11.6. The molecular weight excluding hydrogens is 242 g/mol. The van der Waals surface area contributed by atoms with Crippen LogP contribution < -0.4 is 0 Å². The maximum Gasteiger partial charge on any atom is 0.264 e. The molecule has 0 bridgehead atoms. The van der Waals surface area contributed by atoms with Gasteiger partial charge in [0.15, 0.2) is 0 Å². The van der Waals surface area contributed by atoms with E-state index in [1.165, 1.54) is 11.3 Å². The first-order chi connectivity index (χ1) is 7.58. The van der Waals surface area contributed by atoms with Crippen molar-refractivity contribution in [1.29, 1.82) is 0 Å². The Morgan fingerprint density at radius 1 is 1.69 bits per heavy atom. The molecule has 1 N–H and O–H groups in total. The van der Waals surface area contributed by atoms with Crippen molar-refractivity contribution >= 4 is 29.9 Å². The molecule has 1 aromatic rings. The zero-order valence-corrected chi connectivity index (χ0v) is 10.8. The second-order valence-corrected chi connectivity index (χ2v) is 5.68. The van der Waals surface area contributed by atoms with Crippen LogP contribution in [-0.2, 0) is 0 Å². The lowest BCUT2D eigenvalue weighted by molar-refractivity contribution is 0.0251. The first-order valence-corrected chi connectivity index (χ1v) is 6.65. The number of thiophene rings is 1. The maximum absolute atomic E-state index is 12.1. The number of hydrogen-bond donors (Lipinski definition) is 2. The minimum absolute atomic E-state index is 0.0104. The Balaban J connectivity index is 2.06. The van der Waals surface area contributed by atoms with E-state index < -0.39 is 6.10 Å². The van der Waals surface area contributed by atoms with E-state index in [4.69, 9.17) is 0 Å². The van der Waals surface area contributed by atoms with Gasteiger partial charge in [0.05, 0.1) is 11.0 Å². The zero-order valence-electron chi connectivity index (χ0n) is 9.09. The van der Waals surface area contributed by atoms with Crippen LogP contribution in [0.2, 0.25) is 0 Å². The molecule has 88 valence electrons. The molecule has 1 aliphatic rings. The summed E-state index contributed by atoms with van der Waals surface area (Å²) < 4.78 is 0. The molecule has 2 atom stereocenters. The lowest BCUT2D eigenvalue weighted by Gasteiger charge is -2.34. The number of piperidine rings is 1. The van der Waals surface area contributed by atoms with Gasteiger partial charge in [-0.05, 0) is 18.4 Å². The summed E-state index contributed by atoms with van der Waals surface area (Å²) in [6, 6.07) is 1.78. The first kappa shape index (κ1) is 12.0. The highest BCUT2D eigenvalue weighted by Gasteiger charge is 2.28. The van der Waals surface area contributed by atoms with Gasteiger partial charge < -0.3 is 10.0 Å². The second-order valence-electron chi connectivity index (χ2n) is 4.25. The number of carbonyl (C=O) groups is 1. The van der Waals surface area contributed by atoms with E-state index in [-0.39, 0.29) is 11.8 Å². The molecule has 1 aliphatic heterocycles. The van der Waals surface area contributed by atoms with Crippen molar-refractivity contribution in [3.8, 4) is 0 Å². The summed E-state index contributed by atoms with van der Waals surface area (Å²) >= 11 is 5.59. The Kier molecular flexibility index (Phi) is 3.56. The molecule has 1 fully saturated rings. The first-order valence-electron chi connectivity index (χ1n) is 5.33. The van der Waals surface area contributed by atoms with Gasteiger partial charge in [-0.1, -0.05) is 6.92 Å². The second kappa shape index (κ2) is 4.77. The average Bonchev–Trinajstić information content (AvgIpc) is 2.68. The van der Waals surface area contributed by atoms with Crippen LogP contribution in [0, 0.1) is 5.92 Å². The van der Waals surface area contributed by atoms with Crippen molar-refractivity contribution in [2.45, 2.75) is 24.3 Å². The smallest absolute Gasteiger partial charge is 0.264 e. The van der Waals surface area contributed by atoms with Gasteiger partial charge in [-0.15, -0.1) is 24.0 Å². The highest BCUT2D eigenvalue weighted by Crippen LogP contribution is 2.23. The number of aliphatic hydroxyl groups excluding tert-OH is 1. The van der Waals surface area contributed by atoms with Crippen molar-refractivity contribution in [1.82, 2.24) is 4.90 Å². The summed E-state index contributed by atoms with van der Waals surface area (Å²) in [4.78, 5) is 15.3. The molecule has 3 nitrogen and oxygen atoms in total. The van der Waals surface area contributed by atoms with Crippen LogP contribution in [0.25, 0.3) is 0 Å². The third-order valence-corrected chi connectivity index (χ3v) is 4.35. The molecule has 0 saturated carbocycles. The molecular formula is C11H15NO2S2. The van der Waals surface area contributed by atoms with Crippen LogP contribution >= 0.6 is 24.0 Å². The molecule has 1 saturated heterocycles. The van der Waals surface area contributed by atoms with Crippen molar-refractivity contribution in [2.24, 2.45) is 5.92 Å². The maximum atomic E-state index is 12.1. The van der Waals surface area contributed by atoms with Crippen LogP contribution in [0.1, 0.15) is 23.0 Å². The predicted molar refractivity (Wildman–Crippen MR) is 67.3 cm³/mol. The van der Waals surface area contributed by atoms with E-state index in [1.807, 2.05) is 12.3 Å². The molecule has 5 heteroatoms. The van der Waals surface area contributed by atoms with Gasteiger partial charge in [-0.3, -0.25) is 4.79 Å². The summed E-state index contributed by atoms with van der Waals surface area (Å²) in [5.41, 5.74) is 0. The molecule has 16 heavy (non-hydrogen) atoms. The van der Waals surface area contributed by atoms with Gasteiger partial charge in [0, 0.05) is 23.4 Å². The fourth-order valence-electron chi connectivity index (χ4n) is 1.83. The van der Waals surface area contributed by atoms with E-state index >= 15 is 0 Å². The number of amides is 1. The Morgan fingerprint density at radius 2 is 2.44 bits per heavy atom. The summed E-state index contributed by atoms with van der Waals surface area (Å²) in [5.74, 6) is 0.295. The number of likely N-dealkylation sites (tertiary alicyclic amines) is 1. The fraction of sp³-hybridized carbons (Fsp3) is 0.545. The SMILES string of the molecule is CC1CCN(C(=O)c2cc(S)cs2)CC1O. The molecule has 0 radical (unpaired) electrons. The minimum atomic E-state index is -0.395. The Hall–Kier alpha value is -0.520. The highest BCUT2D eigenvalue weighted by atomic mass is 32.1. The summed E-state index contributed by atoms with van der Waals surface area (Å²) in [6.07, 6.45) is 0.472. The third-order valence-electron chi connectivity index (χ3n) is 3.00. The van der Waals surface area contributed by atoms with E-state index in [0.717, 1.165) is 17.9 Å². The van der Waals surface area contributed by atoms with Gasteiger partial charge in [0.2, 0.25) is 0 Å². The van der Waals surface area contributed by atoms with Gasteiger partial charge in [-0.2, -0.15) is 0 Å². The normalized spacial score (nSPS) is 25.8. The van der Waals surface area contributed by atoms with Crippen molar-refractivity contribution in [3.05, 3.63) is 16.3 Å². The van der Waals surface area contributed by atoms with E-state index in [1.54, 1.807) is 11.0 Å². The lowest BCUT2D eigenvalue weighted by Crippen LogP contribution is -2.45. The highest BCUT2D eigenvalue weighted by molar-refractivity contribution is 7.80. The van der Waals surface area contributed by atoms with Crippen molar-refractivity contribution in [3.63, 3.8) is 0 Å². The number of aliphatic hydroxyl groups is 1. The van der Waals surface area contributed by atoms with Crippen LogP contribution in [0.4, 0.5) is 0 Å². The molecule has 1 aromatic heterocycles. The number of β-amino-alcohol motifs (C(OH)–C–C–N with tert-alkyl or cyclic N) is 1. The molecule has 2 rings (SSSR count). The Labute approximate surface area is 104 Å². The molecule has 2 unspecified atom stereocenters. The number of hydrogen-bond acceptors (Lipinski definition) is 4. The Morgan fingerprint density at radius 3 is 3.00 bits per heavy atom. The van der Waals surface area contributed by atoms with Crippen LogP contribution in [0.3, 0.4) is 0 Å².